The Bertz CT molecular complexity index is 3610. The molecule has 8 bridgehead atoms. The Morgan fingerprint density at radius 3 is 1.30 bits per heavy atom. The van der Waals surface area contributed by atoms with Gasteiger partial charge < -0.3 is 68.4 Å². The summed E-state index contributed by atoms with van der Waals surface area (Å²) in [7, 11) is 6.34. The largest absolute Gasteiger partial charge is 0.457 e. The number of aliphatic hydroxyl groups is 4. The second kappa shape index (κ2) is 31.0. The maximum absolute atomic E-state index is 14.1. The number of epoxide rings is 2. The van der Waals surface area contributed by atoms with Gasteiger partial charge in [-0.3, -0.25) is 30.0 Å². The molecule has 104 heavy (non-hydrogen) atoms. The summed E-state index contributed by atoms with van der Waals surface area (Å²) >= 11 is 20.3. The molecule has 6 N–H and O–H groups in total. The Morgan fingerprint density at radius 1 is 0.615 bits per heavy atom. The maximum atomic E-state index is 14.1. The summed E-state index contributed by atoms with van der Waals surface area (Å²) in [5.74, 6) is -4.96. The number of carbonyl (C=O) groups excluding carboxylic acids is 8. The molecule has 10 aliphatic heterocycles. The van der Waals surface area contributed by atoms with Gasteiger partial charge in [-0.15, -0.1) is 47.0 Å². The summed E-state index contributed by atoms with van der Waals surface area (Å²) < 4.78 is 36.0. The van der Waals surface area contributed by atoms with Gasteiger partial charge in [0.05, 0.1) is 59.7 Å². The Morgan fingerprint density at radius 2 is 0.962 bits per heavy atom. The predicted octanol–water partition coefficient (Wildman–Crippen LogP) is 8.81. The highest BCUT2D eigenvalue weighted by Gasteiger charge is 2.67. The number of benzene rings is 2. The van der Waals surface area contributed by atoms with Crippen molar-refractivity contribution in [3.05, 3.63) is 104 Å². The van der Waals surface area contributed by atoms with Gasteiger partial charge in [-0.25, -0.2) is 28.8 Å². The summed E-state index contributed by atoms with van der Waals surface area (Å²) in [5.41, 5.74) is 0.184. The number of alkyl carbamates (subject to hydrolysis) is 2. The van der Waals surface area contributed by atoms with Crippen molar-refractivity contribution in [1.29, 1.82) is 0 Å². The highest BCUT2D eigenvalue weighted by atomic mass is 35.5. The number of amides is 8. The van der Waals surface area contributed by atoms with Crippen LogP contribution >= 0.6 is 70.2 Å². The standard InChI is InChI=1S/2C36H47ClN4O9S2/c2*1-18-9-8-10-23(16-42)36(47)15-25(48-33(45)38-36)20(3)29-35(5,50-29)26(14-27(43)40(7)24-13-22(11-18)12-19(2)28(24)37)49-32(44)21(4)39(6)34(46)41-30-31(41)52-17-51-30/h2*8-10,12-13,20-21,23,25-26,29-31,42,47H,11,14-17H2,1-7H3,(H,38,45)/b2*10-8+,18-9+/t2*20-,21+,23-,25?,26-,29-,30+,31?,35-,36+,41?/m11/s1. The average molecular weight is 1560 g/mol. The van der Waals surface area contributed by atoms with Crippen LogP contribution in [0.1, 0.15) is 103 Å². The van der Waals surface area contributed by atoms with Crippen LogP contribution in [0.3, 0.4) is 0 Å². The third kappa shape index (κ3) is 16.1. The second-order valence-corrected chi connectivity index (χ2v) is 35.3. The number of thioether (sulfide) groups is 4. The summed E-state index contributed by atoms with van der Waals surface area (Å²) in [6, 6.07) is 5.09. The van der Waals surface area contributed by atoms with Crippen molar-refractivity contribution in [2.75, 3.05) is 61.4 Å². The minimum absolute atomic E-state index is 0.0666. The molecule has 8 amide bonds. The third-order valence-corrected chi connectivity index (χ3v) is 28.8. The molecule has 8 fully saturated rings. The Labute approximate surface area is 632 Å². The Kier molecular flexibility index (Phi) is 23.6. The first-order chi connectivity index (χ1) is 49.0. The molecule has 12 rings (SSSR count). The molecule has 2 aromatic rings. The van der Waals surface area contributed by atoms with E-state index < -0.39 is 132 Å². The average Bonchev–Trinajstić information content (AvgIpc) is 1.58. The van der Waals surface area contributed by atoms with Crippen molar-refractivity contribution in [2.45, 2.75) is 201 Å². The van der Waals surface area contributed by atoms with E-state index in [2.05, 4.69) is 10.6 Å². The number of likely N-dealkylation sites (N-methyl/N-ethyl adjacent to an activating group) is 2. The molecule has 10 aliphatic rings. The fourth-order valence-electron chi connectivity index (χ4n) is 14.7. The van der Waals surface area contributed by atoms with Crippen molar-refractivity contribution in [3.8, 4) is 0 Å². The van der Waals surface area contributed by atoms with Gasteiger partial charge >= 0.3 is 36.2 Å². The fraction of sp³-hybridized carbons (Fsp3) is 0.611. The molecule has 0 saturated carbocycles. The van der Waals surface area contributed by atoms with Crippen LogP contribution in [0.4, 0.5) is 30.6 Å². The van der Waals surface area contributed by atoms with Crippen LogP contribution < -0.4 is 20.4 Å². The topological polar surface area (TPSA) is 322 Å². The summed E-state index contributed by atoms with van der Waals surface area (Å²) in [4.78, 5) is 117. The SMILES string of the molecule is C/C1=C\C=C\[C@H](CO)[C@@]2(O)CC(OC(=O)N2)[C@@H](C)[C@H]2O[C@]2(C)[C@H](OC(=O)[C@H](C)N(C)C(=O)N2C3SCS[C@@H]32)CC(=O)N(C)c2cc(cc(C)c2Cl)C1.C/C1=C\C=C\[C@H](CO)[C@@]2(O)CC(OC(=O)N2)[C@@H](C)[C@H]2O[C@]2(C)[C@H](OC(=O)[C@H](C)N(C)C(=O)N2C3SCS[C@@H]32)CC(=O)N(C)c2cc(cc(C)c2Cl)C1. The van der Waals surface area contributed by atoms with Crippen LogP contribution in [-0.4, -0.2) is 232 Å². The van der Waals surface area contributed by atoms with Crippen LogP contribution in [-0.2, 0) is 60.4 Å². The number of rotatable bonds is 8. The molecule has 32 heteroatoms. The number of nitrogens with one attached hydrogen (secondary N) is 2. The first kappa shape index (κ1) is 79.2. The molecule has 4 unspecified atom stereocenters. The summed E-state index contributed by atoms with van der Waals surface area (Å²) in [6.07, 6.45) is 3.90. The van der Waals surface area contributed by atoms with E-state index in [1.54, 1.807) is 151 Å². The van der Waals surface area contributed by atoms with Crippen molar-refractivity contribution >= 4 is 130 Å². The number of carbonyl (C=O) groups is 8. The number of urea groups is 2. The van der Waals surface area contributed by atoms with Gasteiger partial charge in [-0.2, -0.15) is 0 Å². The number of nitrogens with zero attached hydrogens (tertiary/aromatic N) is 6. The monoisotopic (exact) mass is 1560 g/mol. The number of hydrogen-bond donors (Lipinski definition) is 6. The second-order valence-electron chi connectivity index (χ2n) is 29.4. The molecule has 0 aliphatic carbocycles. The number of aliphatic hydroxyl groups excluding tert-OH is 2. The van der Waals surface area contributed by atoms with Gasteiger partial charge in [0.1, 0.15) is 69.2 Å². The molecule has 10 heterocycles. The van der Waals surface area contributed by atoms with Crippen LogP contribution in [0.2, 0.25) is 10.0 Å². The zero-order chi connectivity index (χ0) is 75.7. The van der Waals surface area contributed by atoms with Crippen LogP contribution in [0.15, 0.2) is 71.9 Å². The van der Waals surface area contributed by atoms with Crippen molar-refractivity contribution in [1.82, 2.24) is 30.2 Å². The van der Waals surface area contributed by atoms with Crippen molar-refractivity contribution in [3.63, 3.8) is 0 Å². The van der Waals surface area contributed by atoms with E-state index >= 15 is 0 Å². The molecular formula is C72H94Cl2N8O18S4. The molecule has 26 nitrogen and oxygen atoms in total. The Hall–Kier alpha value is -5.90. The smallest absolute Gasteiger partial charge is 0.409 e. The zero-order valence-electron chi connectivity index (χ0n) is 60.7. The number of esters is 2. The number of halogens is 2. The predicted molar refractivity (Wildman–Crippen MR) is 398 cm³/mol. The van der Waals surface area contributed by atoms with E-state index in [-0.39, 0.29) is 71.1 Å². The molecule has 20 atom stereocenters. The lowest BCUT2D eigenvalue weighted by molar-refractivity contribution is -0.159. The van der Waals surface area contributed by atoms with Gasteiger partial charge in [-0.05, 0) is 103 Å². The van der Waals surface area contributed by atoms with E-state index in [1.807, 2.05) is 64.1 Å². The quantitative estimate of drug-likeness (QED) is 0.0816. The number of hydrogen-bond acceptors (Lipinski definition) is 22. The van der Waals surface area contributed by atoms with Crippen molar-refractivity contribution < 1.29 is 87.2 Å². The van der Waals surface area contributed by atoms with E-state index in [4.69, 9.17) is 51.6 Å². The molecular weight excluding hydrogens is 1460 g/mol. The highest BCUT2D eigenvalue weighted by molar-refractivity contribution is 8.21. The molecule has 0 aromatic heterocycles. The zero-order valence-corrected chi connectivity index (χ0v) is 65.4. The van der Waals surface area contributed by atoms with E-state index in [9.17, 15) is 58.8 Å². The molecule has 0 spiro atoms. The minimum Gasteiger partial charge on any atom is -0.457 e. The lowest BCUT2D eigenvalue weighted by Crippen LogP contribution is -2.62. The number of aryl methyl sites for hydroxylation is 2. The highest BCUT2D eigenvalue weighted by Crippen LogP contribution is 2.56. The molecule has 568 valence electrons. The normalized spacial score (nSPS) is 36.7. The number of allylic oxidation sites excluding steroid dienone is 6. The first-order valence-electron chi connectivity index (χ1n) is 34.7. The summed E-state index contributed by atoms with van der Waals surface area (Å²) in [6.45, 7) is 16.9. The van der Waals surface area contributed by atoms with Gasteiger partial charge in [0.25, 0.3) is 0 Å². The van der Waals surface area contributed by atoms with E-state index in [1.165, 1.54) is 19.6 Å². The lowest BCUT2D eigenvalue weighted by Gasteiger charge is -2.42. The number of ether oxygens (including phenoxy) is 6. The number of anilines is 2. The van der Waals surface area contributed by atoms with Gasteiger partial charge in [-0.1, -0.05) is 96.8 Å². The third-order valence-electron chi connectivity index (χ3n) is 21.9. The number of fused-ring (bicyclic) bond motifs is 12. The van der Waals surface area contributed by atoms with Gasteiger partial charge in [0.2, 0.25) is 11.8 Å². The van der Waals surface area contributed by atoms with Crippen LogP contribution in [0.25, 0.3) is 0 Å². The fourth-order valence-corrected chi connectivity index (χ4v) is 21.5. The Balaban J connectivity index is 0.000000208. The van der Waals surface area contributed by atoms with Crippen molar-refractivity contribution in [2.24, 2.45) is 23.7 Å². The lowest BCUT2D eigenvalue weighted by atomic mass is 9.81. The van der Waals surface area contributed by atoms with E-state index in [0.717, 1.165) is 43.6 Å². The van der Waals surface area contributed by atoms with Crippen LogP contribution in [0, 0.1) is 37.5 Å². The summed E-state index contributed by atoms with van der Waals surface area (Å²) in [5, 5.41) is 52.0. The molecule has 8 saturated heterocycles. The van der Waals surface area contributed by atoms with Gasteiger partial charge in [0, 0.05) is 74.9 Å². The van der Waals surface area contributed by atoms with Crippen LogP contribution in [0.5, 0.6) is 0 Å². The maximum Gasteiger partial charge on any atom is 0.409 e. The minimum atomic E-state index is -1.83. The molecule has 0 radical (unpaired) electrons. The first-order valence-corrected chi connectivity index (χ1v) is 39.7. The molecule has 2 aromatic carbocycles. The van der Waals surface area contributed by atoms with E-state index in [0.29, 0.717) is 34.3 Å². The van der Waals surface area contributed by atoms with Gasteiger partial charge in [0.15, 0.2) is 11.4 Å².